The molecule has 2 heterocycles. The highest BCUT2D eigenvalue weighted by Gasteiger charge is 2.29. The molecule has 52 heavy (non-hydrogen) atoms. The highest BCUT2D eigenvalue weighted by atomic mass is 16.5. The van der Waals surface area contributed by atoms with Crippen molar-refractivity contribution in [2.45, 2.75) is 45.2 Å². The molecule has 1 fully saturated rings. The van der Waals surface area contributed by atoms with Crippen molar-refractivity contribution in [3.8, 4) is 28.4 Å². The number of fused-ring (bicyclic) bond motifs is 4. The molecule has 2 aliphatic rings. The summed E-state index contributed by atoms with van der Waals surface area (Å²) in [6.07, 6.45) is 1.96. The zero-order valence-electron chi connectivity index (χ0n) is 30.9. The lowest BCUT2D eigenvalue weighted by Crippen LogP contribution is -2.44. The maximum atomic E-state index is 13.6. The minimum atomic E-state index is -0.396. The molecular weight excluding hydrogens is 662 g/mol. The number of amides is 2. The van der Waals surface area contributed by atoms with Crippen molar-refractivity contribution < 1.29 is 23.8 Å². The van der Waals surface area contributed by atoms with Crippen LogP contribution in [0, 0.1) is 0 Å². The lowest BCUT2D eigenvalue weighted by atomic mass is 9.95. The third-order valence-electron chi connectivity index (χ3n) is 10.0. The first-order valence-electron chi connectivity index (χ1n) is 17.8. The topological polar surface area (TPSA) is 139 Å². The van der Waals surface area contributed by atoms with Crippen LogP contribution in [0.4, 0.5) is 11.4 Å². The molecule has 1 aliphatic heterocycles. The van der Waals surface area contributed by atoms with Crippen molar-refractivity contribution >= 4 is 34.2 Å². The van der Waals surface area contributed by atoms with Crippen molar-refractivity contribution in [2.75, 3.05) is 71.7 Å². The molecule has 1 unspecified atom stereocenters. The number of rotatable bonds is 12. The molecule has 13 heteroatoms. The average molecular weight is 712 g/mol. The number of nitrogens with zero attached hydrogens (tertiary/aromatic N) is 4. The van der Waals surface area contributed by atoms with Gasteiger partial charge in [-0.05, 0) is 79.4 Å². The second-order valence-electron chi connectivity index (χ2n) is 13.5. The molecule has 276 valence electrons. The molecule has 6 rings (SSSR count). The van der Waals surface area contributed by atoms with E-state index in [1.807, 2.05) is 37.4 Å². The van der Waals surface area contributed by atoms with Gasteiger partial charge in [0.15, 0.2) is 11.5 Å². The van der Waals surface area contributed by atoms with Crippen LogP contribution in [0.25, 0.3) is 22.2 Å². The third-order valence-corrected chi connectivity index (χ3v) is 10.0. The van der Waals surface area contributed by atoms with Crippen molar-refractivity contribution in [1.82, 2.24) is 24.7 Å². The van der Waals surface area contributed by atoms with E-state index in [-0.39, 0.29) is 23.7 Å². The summed E-state index contributed by atoms with van der Waals surface area (Å²) in [4.78, 5) is 48.4. The fourth-order valence-corrected chi connectivity index (χ4v) is 7.22. The third kappa shape index (κ3) is 7.85. The molecule has 1 atom stereocenters. The van der Waals surface area contributed by atoms with Gasteiger partial charge >= 0.3 is 0 Å². The van der Waals surface area contributed by atoms with Crippen molar-refractivity contribution in [3.05, 3.63) is 69.6 Å². The molecule has 2 amide bonds. The van der Waals surface area contributed by atoms with Crippen LogP contribution < -0.4 is 35.6 Å². The molecule has 1 aliphatic carbocycles. The van der Waals surface area contributed by atoms with Crippen LogP contribution in [-0.2, 0) is 29.6 Å². The van der Waals surface area contributed by atoms with Gasteiger partial charge in [-0.3, -0.25) is 19.3 Å². The summed E-state index contributed by atoms with van der Waals surface area (Å²) in [5, 5.41) is 9.27. The van der Waals surface area contributed by atoms with Crippen LogP contribution in [-0.4, -0.2) is 92.3 Å². The predicted octanol–water partition coefficient (Wildman–Crippen LogP) is 4.33. The zero-order chi connectivity index (χ0) is 36.9. The molecule has 0 spiro atoms. The van der Waals surface area contributed by atoms with Gasteiger partial charge in [0, 0.05) is 64.4 Å². The summed E-state index contributed by atoms with van der Waals surface area (Å²) in [7, 11) is 8.89. The van der Waals surface area contributed by atoms with Crippen LogP contribution in [0.3, 0.4) is 0 Å². The fraction of sp³-hybridized carbons (Fsp3) is 0.436. The number of ether oxygens (including phenoxy) is 3. The van der Waals surface area contributed by atoms with Gasteiger partial charge in [0.05, 0.1) is 50.6 Å². The number of piperazine rings is 1. The number of hydrogen-bond acceptors (Lipinski definition) is 10. The monoisotopic (exact) mass is 711 g/mol. The normalized spacial score (nSPS) is 16.0. The van der Waals surface area contributed by atoms with Gasteiger partial charge in [-0.15, -0.1) is 0 Å². The van der Waals surface area contributed by atoms with Crippen molar-refractivity contribution in [2.24, 2.45) is 7.05 Å². The first kappa shape index (κ1) is 36.6. The highest BCUT2D eigenvalue weighted by Crippen LogP contribution is 2.50. The van der Waals surface area contributed by atoms with E-state index in [1.165, 1.54) is 6.92 Å². The second-order valence-corrected chi connectivity index (χ2v) is 13.5. The van der Waals surface area contributed by atoms with Gasteiger partial charge < -0.3 is 39.6 Å². The maximum absolute atomic E-state index is 13.6. The molecule has 1 saturated heterocycles. The Morgan fingerprint density at radius 1 is 0.942 bits per heavy atom. The SMILES string of the molecule is COc1cc2c(c(OC)c1OC)-c1ccc(NCCCC(=O)Nc3ccc4c(c3)nc(CN3CCN(C)CC3)n4C)c(=O)cc1C(NC(C)=O)CC2. The summed E-state index contributed by atoms with van der Waals surface area (Å²) in [5.74, 6) is 2.18. The van der Waals surface area contributed by atoms with Crippen molar-refractivity contribution in [3.63, 3.8) is 0 Å². The van der Waals surface area contributed by atoms with Gasteiger partial charge in [0.25, 0.3) is 0 Å². The van der Waals surface area contributed by atoms with E-state index in [2.05, 4.69) is 37.4 Å². The van der Waals surface area contributed by atoms with Crippen LogP contribution in [0.5, 0.6) is 17.2 Å². The summed E-state index contributed by atoms with van der Waals surface area (Å²) < 4.78 is 19.3. The van der Waals surface area contributed by atoms with Crippen LogP contribution in [0.1, 0.15) is 49.2 Å². The van der Waals surface area contributed by atoms with E-state index >= 15 is 0 Å². The molecule has 1 aromatic heterocycles. The second kappa shape index (κ2) is 16.0. The summed E-state index contributed by atoms with van der Waals surface area (Å²) in [5.41, 5.74) is 5.93. The Balaban J connectivity index is 1.14. The number of carbonyl (C=O) groups excluding carboxylic acids is 2. The zero-order valence-corrected chi connectivity index (χ0v) is 30.9. The number of likely N-dealkylation sites (N-methyl/N-ethyl adjacent to an activating group) is 1. The number of nitrogens with one attached hydrogen (secondary N) is 3. The van der Waals surface area contributed by atoms with E-state index in [0.29, 0.717) is 60.0 Å². The van der Waals surface area contributed by atoms with E-state index in [0.717, 1.165) is 66.3 Å². The predicted molar refractivity (Wildman–Crippen MR) is 203 cm³/mol. The van der Waals surface area contributed by atoms with Crippen LogP contribution >= 0.6 is 0 Å². The summed E-state index contributed by atoms with van der Waals surface area (Å²) in [6, 6.07) is 12.6. The molecule has 3 N–H and O–H groups in total. The van der Waals surface area contributed by atoms with Crippen LogP contribution in [0.2, 0.25) is 0 Å². The quantitative estimate of drug-likeness (QED) is 0.182. The lowest BCUT2D eigenvalue weighted by Gasteiger charge is -2.31. The van der Waals surface area contributed by atoms with Crippen LogP contribution in [0.15, 0.2) is 47.3 Å². The average Bonchev–Trinajstić information content (AvgIpc) is 3.23. The Morgan fingerprint density at radius 3 is 2.42 bits per heavy atom. The van der Waals surface area contributed by atoms with E-state index < -0.39 is 6.04 Å². The summed E-state index contributed by atoms with van der Waals surface area (Å²) in [6.45, 7) is 6.82. The number of carbonyl (C=O) groups is 2. The number of aromatic nitrogens is 2. The number of hydrogen-bond donors (Lipinski definition) is 3. The van der Waals surface area contributed by atoms with E-state index in [1.54, 1.807) is 33.5 Å². The van der Waals surface area contributed by atoms with Gasteiger partial charge in [0.1, 0.15) is 5.82 Å². The van der Waals surface area contributed by atoms with E-state index in [4.69, 9.17) is 19.2 Å². The standard InChI is InChI=1S/C39H49N7O6/c1-24(47)41-29-12-9-25-20-34(50-4)38(51-5)39(52-6)37(25)27-11-13-30(33(48)22-28(27)29)40-15-7-8-36(49)42-26-10-14-32-31(21-26)43-35(45(32)3)23-46-18-16-44(2)17-19-46/h10-11,13-14,20-22,29H,7-9,12,15-19,23H2,1-6H3,(H,40,48)(H,41,47)(H,42,49). The first-order valence-corrected chi connectivity index (χ1v) is 17.8. The van der Waals surface area contributed by atoms with E-state index in [9.17, 15) is 14.4 Å². The first-order chi connectivity index (χ1) is 25.1. The minimum Gasteiger partial charge on any atom is -0.493 e. The molecule has 13 nitrogen and oxygen atoms in total. The van der Waals surface area contributed by atoms with Crippen molar-refractivity contribution in [1.29, 1.82) is 0 Å². The number of aryl methyl sites for hydroxylation is 2. The summed E-state index contributed by atoms with van der Waals surface area (Å²) >= 11 is 0. The lowest BCUT2D eigenvalue weighted by molar-refractivity contribution is -0.119. The van der Waals surface area contributed by atoms with Gasteiger partial charge in [-0.1, -0.05) is 6.07 Å². The number of methoxy groups -OCH3 is 3. The van der Waals surface area contributed by atoms with Gasteiger partial charge in [-0.25, -0.2) is 4.98 Å². The Kier molecular flexibility index (Phi) is 11.3. The maximum Gasteiger partial charge on any atom is 0.224 e. The molecule has 0 radical (unpaired) electrons. The Labute approximate surface area is 304 Å². The molecular formula is C39H49N7O6. The molecule has 3 aromatic carbocycles. The van der Waals surface area contributed by atoms with Gasteiger partial charge in [0.2, 0.25) is 23.0 Å². The highest BCUT2D eigenvalue weighted by molar-refractivity contribution is 5.93. The fourth-order valence-electron chi connectivity index (χ4n) is 7.22. The number of anilines is 2. The molecule has 4 aromatic rings. The largest absolute Gasteiger partial charge is 0.493 e. The smallest absolute Gasteiger partial charge is 0.224 e. The molecule has 0 saturated carbocycles. The molecule has 0 bridgehead atoms. The Bertz CT molecular complexity index is 2020. The minimum absolute atomic E-state index is 0.117. The Morgan fingerprint density at radius 2 is 1.71 bits per heavy atom. The van der Waals surface area contributed by atoms with Gasteiger partial charge in [-0.2, -0.15) is 0 Å². The number of imidazole rings is 1. The Hall–Kier alpha value is -5.14. The number of benzene rings is 2.